The summed E-state index contributed by atoms with van der Waals surface area (Å²) in [7, 11) is 0. The second kappa shape index (κ2) is 7.54. The highest BCUT2D eigenvalue weighted by molar-refractivity contribution is 6.30. The third-order valence-corrected chi connectivity index (χ3v) is 2.53. The Labute approximate surface area is 108 Å². The summed E-state index contributed by atoms with van der Waals surface area (Å²) in [6.07, 6.45) is 1.02. The number of hydrogen-bond acceptors (Lipinski definition) is 3. The second-order valence-electron chi connectivity index (χ2n) is 3.93. The fourth-order valence-electron chi connectivity index (χ4n) is 1.46. The summed E-state index contributed by atoms with van der Waals surface area (Å²) >= 11 is 5.93. The largest absolute Gasteiger partial charge is 0.491 e. The van der Waals surface area contributed by atoms with E-state index in [1.165, 1.54) is 0 Å². The van der Waals surface area contributed by atoms with E-state index in [9.17, 15) is 0 Å². The van der Waals surface area contributed by atoms with Gasteiger partial charge in [0.25, 0.3) is 0 Å². The Hall–Kier alpha value is -0.770. The van der Waals surface area contributed by atoms with Gasteiger partial charge in [-0.3, -0.25) is 0 Å². The molecule has 0 bridgehead atoms. The summed E-state index contributed by atoms with van der Waals surface area (Å²) in [5, 5.41) is 0.673. The maximum atomic E-state index is 5.93. The lowest BCUT2D eigenvalue weighted by atomic mass is 10.1. The first-order chi connectivity index (χ1) is 8.15. The maximum absolute atomic E-state index is 5.93. The number of nitrogens with two attached hydrogens (primary N) is 1. The van der Waals surface area contributed by atoms with Crippen molar-refractivity contribution in [3.63, 3.8) is 0 Å². The van der Waals surface area contributed by atoms with Crippen molar-refractivity contribution >= 4 is 11.6 Å². The first-order valence-electron chi connectivity index (χ1n) is 5.90. The zero-order chi connectivity index (χ0) is 12.7. The Morgan fingerprint density at radius 3 is 2.71 bits per heavy atom. The van der Waals surface area contributed by atoms with E-state index in [1.54, 1.807) is 6.07 Å². The first-order valence-corrected chi connectivity index (χ1v) is 6.28. The zero-order valence-electron chi connectivity index (χ0n) is 10.4. The molecular weight excluding hydrogens is 238 g/mol. The van der Waals surface area contributed by atoms with Gasteiger partial charge in [-0.25, -0.2) is 0 Å². The zero-order valence-corrected chi connectivity index (χ0v) is 11.2. The average molecular weight is 258 g/mol. The summed E-state index contributed by atoms with van der Waals surface area (Å²) in [4.78, 5) is 0. The van der Waals surface area contributed by atoms with Crippen LogP contribution >= 0.6 is 11.6 Å². The van der Waals surface area contributed by atoms with E-state index < -0.39 is 0 Å². The van der Waals surface area contributed by atoms with Gasteiger partial charge >= 0.3 is 0 Å². The molecule has 0 fully saturated rings. The van der Waals surface area contributed by atoms with Gasteiger partial charge in [-0.15, -0.1) is 0 Å². The number of hydrogen-bond donors (Lipinski definition) is 1. The molecule has 17 heavy (non-hydrogen) atoms. The second-order valence-corrected chi connectivity index (χ2v) is 4.37. The molecule has 0 aliphatic rings. The molecule has 0 radical (unpaired) electrons. The summed E-state index contributed by atoms with van der Waals surface area (Å²) in [6.45, 7) is 5.88. The molecule has 0 heterocycles. The smallest absolute Gasteiger partial charge is 0.124 e. The van der Waals surface area contributed by atoms with Crippen LogP contribution in [0, 0.1) is 0 Å². The molecular formula is C13H20ClNO2. The minimum atomic E-state index is -0.0970. The van der Waals surface area contributed by atoms with Gasteiger partial charge < -0.3 is 15.2 Å². The van der Waals surface area contributed by atoms with Crippen LogP contribution in [0.3, 0.4) is 0 Å². The number of rotatable bonds is 7. The van der Waals surface area contributed by atoms with Crippen LogP contribution in [0.1, 0.15) is 31.9 Å². The van der Waals surface area contributed by atoms with E-state index in [1.807, 2.05) is 19.1 Å². The summed E-state index contributed by atoms with van der Waals surface area (Å²) in [5.74, 6) is 0.782. The van der Waals surface area contributed by atoms with Crippen LogP contribution in [0.25, 0.3) is 0 Å². The monoisotopic (exact) mass is 257 g/mol. The third-order valence-electron chi connectivity index (χ3n) is 2.30. The standard InChI is InChI=1S/C13H20ClNO2/c1-3-6-16-7-8-17-13-5-4-11(14)9-12(13)10(2)15/h4-5,9-10H,3,6-8,15H2,1-2H3/t10-/m0/s1. The van der Waals surface area contributed by atoms with E-state index in [0.717, 1.165) is 24.3 Å². The molecule has 0 unspecified atom stereocenters. The third kappa shape index (κ3) is 4.94. The van der Waals surface area contributed by atoms with Gasteiger partial charge in [0.15, 0.2) is 0 Å². The van der Waals surface area contributed by atoms with Crippen molar-refractivity contribution in [1.29, 1.82) is 0 Å². The highest BCUT2D eigenvalue weighted by atomic mass is 35.5. The Kier molecular flexibility index (Phi) is 6.34. The molecule has 0 saturated carbocycles. The molecule has 0 amide bonds. The normalized spacial score (nSPS) is 12.5. The Morgan fingerprint density at radius 2 is 2.06 bits per heavy atom. The fourth-order valence-corrected chi connectivity index (χ4v) is 1.64. The van der Waals surface area contributed by atoms with Crippen LogP contribution in [0.2, 0.25) is 5.02 Å². The molecule has 1 rings (SSSR count). The lowest BCUT2D eigenvalue weighted by molar-refractivity contribution is 0.100. The van der Waals surface area contributed by atoms with Gasteiger partial charge in [-0.1, -0.05) is 18.5 Å². The van der Waals surface area contributed by atoms with Gasteiger partial charge in [0.05, 0.1) is 6.61 Å². The lowest BCUT2D eigenvalue weighted by Crippen LogP contribution is -2.11. The van der Waals surface area contributed by atoms with E-state index in [-0.39, 0.29) is 6.04 Å². The Bertz CT molecular complexity index is 342. The number of ether oxygens (including phenoxy) is 2. The van der Waals surface area contributed by atoms with Crippen LogP contribution in [-0.4, -0.2) is 19.8 Å². The van der Waals surface area contributed by atoms with Crippen LogP contribution in [0.15, 0.2) is 18.2 Å². The first kappa shape index (κ1) is 14.3. The van der Waals surface area contributed by atoms with Crippen molar-refractivity contribution in [2.75, 3.05) is 19.8 Å². The molecule has 0 spiro atoms. The highest BCUT2D eigenvalue weighted by Gasteiger charge is 2.08. The van der Waals surface area contributed by atoms with Crippen LogP contribution in [-0.2, 0) is 4.74 Å². The molecule has 2 N–H and O–H groups in total. The van der Waals surface area contributed by atoms with E-state index in [0.29, 0.717) is 18.2 Å². The molecule has 0 saturated heterocycles. The Morgan fingerprint density at radius 1 is 1.29 bits per heavy atom. The molecule has 1 atom stereocenters. The van der Waals surface area contributed by atoms with Crippen molar-refractivity contribution in [3.05, 3.63) is 28.8 Å². The van der Waals surface area contributed by atoms with Gasteiger partial charge in [0, 0.05) is 23.2 Å². The fraction of sp³-hybridized carbons (Fsp3) is 0.538. The molecule has 96 valence electrons. The SMILES string of the molecule is CCCOCCOc1ccc(Cl)cc1[C@H](C)N. The lowest BCUT2D eigenvalue weighted by Gasteiger charge is -2.14. The van der Waals surface area contributed by atoms with E-state index >= 15 is 0 Å². The van der Waals surface area contributed by atoms with Crippen LogP contribution in [0.5, 0.6) is 5.75 Å². The molecule has 1 aromatic carbocycles. The summed E-state index contributed by atoms with van der Waals surface area (Å²) in [6, 6.07) is 5.39. The molecule has 0 aromatic heterocycles. The highest BCUT2D eigenvalue weighted by Crippen LogP contribution is 2.27. The molecule has 0 aliphatic carbocycles. The van der Waals surface area contributed by atoms with Crippen molar-refractivity contribution < 1.29 is 9.47 Å². The topological polar surface area (TPSA) is 44.5 Å². The Balaban J connectivity index is 2.52. The minimum absolute atomic E-state index is 0.0970. The predicted octanol–water partition coefficient (Wildman–Crippen LogP) is 3.17. The van der Waals surface area contributed by atoms with Crippen molar-refractivity contribution in [3.8, 4) is 5.75 Å². The van der Waals surface area contributed by atoms with Gasteiger partial charge in [-0.2, -0.15) is 0 Å². The number of benzene rings is 1. The molecule has 4 heteroatoms. The molecule has 0 aliphatic heterocycles. The summed E-state index contributed by atoms with van der Waals surface area (Å²) < 4.78 is 11.0. The van der Waals surface area contributed by atoms with E-state index in [2.05, 4.69) is 6.92 Å². The predicted molar refractivity (Wildman–Crippen MR) is 70.7 cm³/mol. The van der Waals surface area contributed by atoms with Crippen molar-refractivity contribution in [2.45, 2.75) is 26.3 Å². The molecule has 3 nitrogen and oxygen atoms in total. The quantitative estimate of drug-likeness (QED) is 0.763. The average Bonchev–Trinajstić information content (AvgIpc) is 2.30. The molecule has 1 aromatic rings. The van der Waals surface area contributed by atoms with Gasteiger partial charge in [-0.05, 0) is 31.5 Å². The maximum Gasteiger partial charge on any atom is 0.124 e. The summed E-state index contributed by atoms with van der Waals surface area (Å²) in [5.41, 5.74) is 6.79. The van der Waals surface area contributed by atoms with Crippen molar-refractivity contribution in [2.24, 2.45) is 5.73 Å². The minimum Gasteiger partial charge on any atom is -0.491 e. The van der Waals surface area contributed by atoms with E-state index in [4.69, 9.17) is 26.8 Å². The van der Waals surface area contributed by atoms with Crippen LogP contribution in [0.4, 0.5) is 0 Å². The van der Waals surface area contributed by atoms with Crippen LogP contribution < -0.4 is 10.5 Å². The van der Waals surface area contributed by atoms with Gasteiger partial charge in [0.1, 0.15) is 12.4 Å². The van der Waals surface area contributed by atoms with Gasteiger partial charge in [0.2, 0.25) is 0 Å². The van der Waals surface area contributed by atoms with Crippen molar-refractivity contribution in [1.82, 2.24) is 0 Å². The number of halogens is 1.